The Labute approximate surface area is 155 Å². The van der Waals surface area contributed by atoms with Crippen LogP contribution in [0.15, 0.2) is 29.4 Å². The second-order valence-electron chi connectivity index (χ2n) is 5.96. The number of ether oxygens (including phenoxy) is 2. The van der Waals surface area contributed by atoms with Crippen LogP contribution in [0.5, 0.6) is 11.5 Å². The lowest BCUT2D eigenvalue weighted by molar-refractivity contribution is 0.278. The molecular formula is C19H21FN4O3. The van der Waals surface area contributed by atoms with Crippen LogP contribution in [-0.2, 0) is 6.61 Å². The number of rotatable bonds is 7. The van der Waals surface area contributed by atoms with Gasteiger partial charge in [-0.15, -0.1) is 0 Å². The number of aromatic amines is 2. The Morgan fingerprint density at radius 3 is 2.89 bits per heavy atom. The molecule has 0 aliphatic rings. The number of H-pyrrole nitrogens is 2. The standard InChI is InChI=1S/C19H21FN4O3/c1-3-6-26-16-8-22-18(11(16)2)19(23-10-21)27-15-5-4-14-13(17(15)20)7-12(9-25)24-14/h4-5,7-8,10,21-22,24-25H,3,6,9H2,1-2H3. The zero-order chi connectivity index (χ0) is 19.4. The number of aliphatic hydroxyl groups is 1. The molecule has 3 aromatic rings. The van der Waals surface area contributed by atoms with Crippen LogP contribution in [0.25, 0.3) is 10.9 Å². The van der Waals surface area contributed by atoms with Gasteiger partial charge in [0.2, 0.25) is 5.90 Å². The Hall–Kier alpha value is -3.13. The van der Waals surface area contributed by atoms with Crippen molar-refractivity contribution in [1.82, 2.24) is 9.97 Å². The van der Waals surface area contributed by atoms with Gasteiger partial charge in [0.25, 0.3) is 0 Å². The first-order chi connectivity index (χ1) is 13.1. The van der Waals surface area contributed by atoms with Gasteiger partial charge in [-0.05, 0) is 31.5 Å². The Morgan fingerprint density at radius 2 is 2.19 bits per heavy atom. The van der Waals surface area contributed by atoms with Gasteiger partial charge in [-0.1, -0.05) is 6.92 Å². The molecule has 0 saturated heterocycles. The van der Waals surface area contributed by atoms with E-state index in [0.29, 0.717) is 34.6 Å². The first-order valence-corrected chi connectivity index (χ1v) is 8.55. The summed E-state index contributed by atoms with van der Waals surface area (Å²) in [7, 11) is 0. The maximum Gasteiger partial charge on any atom is 0.245 e. The number of hydrogen-bond donors (Lipinski definition) is 4. The third-order valence-electron chi connectivity index (χ3n) is 4.08. The summed E-state index contributed by atoms with van der Waals surface area (Å²) in [5, 5.41) is 16.8. The predicted octanol–water partition coefficient (Wildman–Crippen LogP) is 3.66. The molecule has 0 aliphatic carbocycles. The molecule has 0 spiro atoms. The molecule has 4 N–H and O–H groups in total. The van der Waals surface area contributed by atoms with Crippen molar-refractivity contribution in [3.05, 3.63) is 47.2 Å². The lowest BCUT2D eigenvalue weighted by Crippen LogP contribution is -2.13. The average Bonchev–Trinajstić information content (AvgIpc) is 3.25. The summed E-state index contributed by atoms with van der Waals surface area (Å²) < 4.78 is 26.2. The fourth-order valence-corrected chi connectivity index (χ4v) is 2.74. The topological polar surface area (TPSA) is 106 Å². The van der Waals surface area contributed by atoms with Gasteiger partial charge in [-0.25, -0.2) is 9.38 Å². The van der Waals surface area contributed by atoms with Crippen LogP contribution in [-0.4, -0.2) is 33.9 Å². The summed E-state index contributed by atoms with van der Waals surface area (Å²) in [6, 6.07) is 4.66. The Morgan fingerprint density at radius 1 is 1.37 bits per heavy atom. The largest absolute Gasteiger partial charge is 0.492 e. The molecule has 0 amide bonds. The van der Waals surface area contributed by atoms with E-state index in [4.69, 9.17) is 14.9 Å². The van der Waals surface area contributed by atoms with E-state index in [1.807, 2.05) is 13.8 Å². The second-order valence-corrected chi connectivity index (χ2v) is 5.96. The number of hydrogen-bond acceptors (Lipinski definition) is 4. The highest BCUT2D eigenvalue weighted by Crippen LogP contribution is 2.29. The van der Waals surface area contributed by atoms with Gasteiger partial charge >= 0.3 is 0 Å². The van der Waals surface area contributed by atoms with E-state index >= 15 is 0 Å². The molecule has 2 heterocycles. The number of aliphatic hydroxyl groups excluding tert-OH is 1. The summed E-state index contributed by atoms with van der Waals surface area (Å²) in [6.45, 7) is 4.20. The Balaban J connectivity index is 1.95. The van der Waals surface area contributed by atoms with E-state index in [9.17, 15) is 9.50 Å². The van der Waals surface area contributed by atoms with Crippen molar-refractivity contribution < 1.29 is 19.0 Å². The summed E-state index contributed by atoms with van der Waals surface area (Å²) in [6.07, 6.45) is 3.39. The molecule has 142 valence electrons. The van der Waals surface area contributed by atoms with E-state index < -0.39 is 5.82 Å². The maximum atomic E-state index is 14.8. The van der Waals surface area contributed by atoms with Crippen LogP contribution < -0.4 is 9.47 Å². The smallest absolute Gasteiger partial charge is 0.245 e. The fraction of sp³-hybridized carbons (Fsp3) is 0.263. The number of nitrogens with zero attached hydrogens (tertiary/aromatic N) is 1. The third kappa shape index (κ3) is 3.70. The molecule has 0 fully saturated rings. The number of aromatic nitrogens is 2. The van der Waals surface area contributed by atoms with Gasteiger partial charge in [0, 0.05) is 28.4 Å². The maximum absolute atomic E-state index is 14.8. The Bertz CT molecular complexity index is 990. The van der Waals surface area contributed by atoms with Gasteiger partial charge < -0.3 is 24.5 Å². The average molecular weight is 372 g/mol. The minimum Gasteiger partial charge on any atom is -0.492 e. The van der Waals surface area contributed by atoms with Gasteiger partial charge in [-0.2, -0.15) is 0 Å². The number of nitrogens with one attached hydrogen (secondary N) is 3. The minimum absolute atomic E-state index is 0.0309. The fourth-order valence-electron chi connectivity index (χ4n) is 2.74. The molecule has 0 bridgehead atoms. The van der Waals surface area contributed by atoms with E-state index in [2.05, 4.69) is 15.0 Å². The van der Waals surface area contributed by atoms with Crippen molar-refractivity contribution >= 4 is 23.1 Å². The van der Waals surface area contributed by atoms with Crippen molar-refractivity contribution in [2.45, 2.75) is 26.9 Å². The summed E-state index contributed by atoms with van der Waals surface area (Å²) in [5.74, 6) is 0.108. The van der Waals surface area contributed by atoms with Crippen molar-refractivity contribution in [2.24, 2.45) is 4.99 Å². The molecule has 0 atom stereocenters. The van der Waals surface area contributed by atoms with Crippen LogP contribution >= 0.6 is 0 Å². The van der Waals surface area contributed by atoms with Gasteiger partial charge in [0.15, 0.2) is 11.6 Å². The molecule has 0 unspecified atom stereocenters. The molecule has 8 heteroatoms. The first kappa shape index (κ1) is 18.7. The lowest BCUT2D eigenvalue weighted by Gasteiger charge is -2.10. The highest BCUT2D eigenvalue weighted by atomic mass is 19.1. The molecule has 0 aliphatic heterocycles. The van der Waals surface area contributed by atoms with Crippen molar-refractivity contribution in [3.8, 4) is 11.5 Å². The highest BCUT2D eigenvalue weighted by molar-refractivity contribution is 6.00. The molecule has 0 saturated carbocycles. The molecule has 1 aromatic carbocycles. The molecule has 0 radical (unpaired) electrons. The quantitative estimate of drug-likeness (QED) is 0.376. The monoisotopic (exact) mass is 372 g/mol. The molecule has 3 rings (SSSR count). The number of benzene rings is 1. The lowest BCUT2D eigenvalue weighted by atomic mass is 10.2. The van der Waals surface area contributed by atoms with Crippen LogP contribution in [0, 0.1) is 18.2 Å². The predicted molar refractivity (Wildman–Crippen MR) is 101 cm³/mol. The molecule has 7 nitrogen and oxygen atoms in total. The molecule has 2 aromatic heterocycles. The molecule has 27 heavy (non-hydrogen) atoms. The highest BCUT2D eigenvalue weighted by Gasteiger charge is 2.19. The van der Waals surface area contributed by atoms with Crippen LogP contribution in [0.4, 0.5) is 4.39 Å². The summed E-state index contributed by atoms with van der Waals surface area (Å²) in [4.78, 5) is 9.85. The van der Waals surface area contributed by atoms with Crippen molar-refractivity contribution in [2.75, 3.05) is 6.61 Å². The van der Waals surface area contributed by atoms with E-state index in [1.54, 1.807) is 12.3 Å². The third-order valence-corrected chi connectivity index (χ3v) is 4.08. The van der Waals surface area contributed by atoms with Crippen LogP contribution in [0.2, 0.25) is 0 Å². The van der Waals surface area contributed by atoms with Crippen LogP contribution in [0.1, 0.15) is 30.3 Å². The first-order valence-electron chi connectivity index (χ1n) is 8.55. The Kier molecular flexibility index (Phi) is 5.56. The van der Waals surface area contributed by atoms with Gasteiger partial charge in [0.1, 0.15) is 17.8 Å². The second kappa shape index (κ2) is 8.05. The summed E-state index contributed by atoms with van der Waals surface area (Å²) >= 11 is 0. The number of fused-ring (bicyclic) bond motifs is 1. The van der Waals surface area contributed by atoms with E-state index in [1.165, 1.54) is 12.1 Å². The normalized spacial score (nSPS) is 11.8. The van der Waals surface area contributed by atoms with E-state index in [-0.39, 0.29) is 18.3 Å². The number of aliphatic imine (C=N–C) groups is 1. The van der Waals surface area contributed by atoms with Gasteiger partial charge in [-0.3, -0.25) is 5.41 Å². The zero-order valence-electron chi connectivity index (χ0n) is 15.1. The zero-order valence-corrected chi connectivity index (χ0v) is 15.1. The molecular weight excluding hydrogens is 351 g/mol. The minimum atomic E-state index is -0.576. The van der Waals surface area contributed by atoms with Gasteiger partial charge in [0.05, 0.1) is 13.2 Å². The van der Waals surface area contributed by atoms with Crippen LogP contribution in [0.3, 0.4) is 0 Å². The summed E-state index contributed by atoms with van der Waals surface area (Å²) in [5.41, 5.74) is 2.33. The van der Waals surface area contributed by atoms with Crippen molar-refractivity contribution in [3.63, 3.8) is 0 Å². The van der Waals surface area contributed by atoms with E-state index in [0.717, 1.165) is 18.3 Å². The van der Waals surface area contributed by atoms with Crippen molar-refractivity contribution in [1.29, 1.82) is 5.41 Å². The SMILES string of the molecule is CCCOc1c[nH]c(C(=NC=N)Oc2ccc3[nH]c(CO)cc3c2F)c1C. The number of halogens is 1.